The van der Waals surface area contributed by atoms with Crippen LogP contribution in [0.25, 0.3) is 16.6 Å². The lowest BCUT2D eigenvalue weighted by Gasteiger charge is -2.15. The molecule has 0 aliphatic rings. The van der Waals surface area contributed by atoms with Crippen molar-refractivity contribution in [2.75, 3.05) is 27.2 Å². The van der Waals surface area contributed by atoms with E-state index in [2.05, 4.69) is 15.4 Å². The summed E-state index contributed by atoms with van der Waals surface area (Å²) in [5.74, 6) is -0.170. The predicted octanol–water partition coefficient (Wildman–Crippen LogP) is 0.467. The van der Waals surface area contributed by atoms with Crippen LogP contribution in [0.5, 0.6) is 0 Å². The Kier molecular flexibility index (Phi) is 3.64. The number of amides is 1. The molecular weight excluding hydrogens is 282 g/mol. The molecule has 2 heterocycles. The Morgan fingerprint density at radius 1 is 1.41 bits per heavy atom. The summed E-state index contributed by atoms with van der Waals surface area (Å²) in [4.78, 5) is 29.0. The standard InChI is InChI=1S/C15H17N5O2/c1-16-7-8-19(2)15(22)11-9-17-20-12-6-4-3-5-10(12)14(21)18-13(11)20/h3-6,9,16H,7-8H2,1-2H3,(H,18,21). The normalized spacial score (nSPS) is 11.2. The molecule has 1 aromatic carbocycles. The number of fused-ring (bicyclic) bond motifs is 3. The Bertz CT molecular complexity index is 896. The van der Waals surface area contributed by atoms with E-state index in [1.54, 1.807) is 28.6 Å². The highest BCUT2D eigenvalue weighted by Crippen LogP contribution is 2.15. The molecule has 0 radical (unpaired) electrons. The average molecular weight is 299 g/mol. The number of benzene rings is 1. The van der Waals surface area contributed by atoms with Gasteiger partial charge in [0, 0.05) is 20.1 Å². The van der Waals surface area contributed by atoms with Crippen LogP contribution in [0.3, 0.4) is 0 Å². The van der Waals surface area contributed by atoms with Crippen LogP contribution in [0.2, 0.25) is 0 Å². The van der Waals surface area contributed by atoms with E-state index in [-0.39, 0.29) is 11.5 Å². The Hall–Kier alpha value is -2.67. The first-order valence-electron chi connectivity index (χ1n) is 7.02. The van der Waals surface area contributed by atoms with Gasteiger partial charge in [-0.15, -0.1) is 0 Å². The third-order valence-electron chi connectivity index (χ3n) is 3.65. The molecule has 2 aromatic heterocycles. The average Bonchev–Trinajstić information content (AvgIpc) is 2.96. The SMILES string of the molecule is CNCCN(C)C(=O)c1cnn2c1[nH]c(=O)c1ccccc12. The first-order valence-corrected chi connectivity index (χ1v) is 7.02. The number of carbonyl (C=O) groups is 1. The van der Waals surface area contributed by atoms with Crippen molar-refractivity contribution in [2.45, 2.75) is 0 Å². The molecule has 7 heteroatoms. The van der Waals surface area contributed by atoms with Crippen molar-refractivity contribution >= 4 is 22.5 Å². The molecule has 1 amide bonds. The molecule has 114 valence electrons. The van der Waals surface area contributed by atoms with E-state index in [4.69, 9.17) is 0 Å². The quantitative estimate of drug-likeness (QED) is 0.733. The fraction of sp³-hybridized carbons (Fsp3) is 0.267. The first kappa shape index (κ1) is 14.3. The lowest BCUT2D eigenvalue weighted by atomic mass is 10.2. The van der Waals surface area contributed by atoms with Gasteiger partial charge in [-0.05, 0) is 19.2 Å². The number of likely N-dealkylation sites (N-methyl/N-ethyl adjacent to an activating group) is 2. The molecule has 0 unspecified atom stereocenters. The second kappa shape index (κ2) is 5.61. The van der Waals surface area contributed by atoms with Crippen molar-refractivity contribution in [3.05, 3.63) is 46.4 Å². The van der Waals surface area contributed by atoms with E-state index in [9.17, 15) is 9.59 Å². The van der Waals surface area contributed by atoms with Crippen LogP contribution in [0.1, 0.15) is 10.4 Å². The number of carbonyl (C=O) groups excluding carboxylic acids is 1. The zero-order valence-electron chi connectivity index (χ0n) is 12.5. The number of aromatic amines is 1. The Balaban J connectivity index is 2.13. The molecule has 0 aliphatic heterocycles. The zero-order chi connectivity index (χ0) is 15.7. The van der Waals surface area contributed by atoms with Gasteiger partial charge in [-0.2, -0.15) is 5.10 Å². The molecule has 22 heavy (non-hydrogen) atoms. The van der Waals surface area contributed by atoms with E-state index in [1.807, 2.05) is 19.2 Å². The van der Waals surface area contributed by atoms with Crippen LogP contribution in [-0.4, -0.2) is 52.6 Å². The van der Waals surface area contributed by atoms with Crippen molar-refractivity contribution < 1.29 is 4.79 Å². The monoisotopic (exact) mass is 299 g/mol. The van der Waals surface area contributed by atoms with Crippen molar-refractivity contribution in [3.8, 4) is 0 Å². The molecule has 2 N–H and O–H groups in total. The predicted molar refractivity (Wildman–Crippen MR) is 84.2 cm³/mol. The lowest BCUT2D eigenvalue weighted by Crippen LogP contribution is -2.32. The summed E-state index contributed by atoms with van der Waals surface area (Å²) in [7, 11) is 3.56. The minimum absolute atomic E-state index is 0.170. The molecular formula is C15H17N5O2. The van der Waals surface area contributed by atoms with Gasteiger partial charge >= 0.3 is 0 Å². The Labute approximate surface area is 126 Å². The number of hydrogen-bond acceptors (Lipinski definition) is 4. The third kappa shape index (κ3) is 2.25. The van der Waals surface area contributed by atoms with Crippen LogP contribution in [0.4, 0.5) is 0 Å². The van der Waals surface area contributed by atoms with Crippen molar-refractivity contribution in [3.63, 3.8) is 0 Å². The topological polar surface area (TPSA) is 82.5 Å². The summed E-state index contributed by atoms with van der Waals surface area (Å²) in [5, 5.41) is 7.79. The van der Waals surface area contributed by atoms with Crippen molar-refractivity contribution in [2.24, 2.45) is 0 Å². The van der Waals surface area contributed by atoms with Crippen LogP contribution < -0.4 is 10.9 Å². The van der Waals surface area contributed by atoms with Crippen LogP contribution >= 0.6 is 0 Å². The van der Waals surface area contributed by atoms with E-state index < -0.39 is 0 Å². The number of aromatic nitrogens is 3. The molecule has 3 rings (SSSR count). The van der Waals surface area contributed by atoms with Gasteiger partial charge in [0.25, 0.3) is 11.5 Å². The van der Waals surface area contributed by atoms with Gasteiger partial charge in [0.05, 0.1) is 17.1 Å². The highest BCUT2D eigenvalue weighted by atomic mass is 16.2. The molecule has 0 saturated carbocycles. The molecule has 3 aromatic rings. The fourth-order valence-electron chi connectivity index (χ4n) is 2.42. The minimum atomic E-state index is -0.226. The van der Waals surface area contributed by atoms with E-state index >= 15 is 0 Å². The second-order valence-electron chi connectivity index (χ2n) is 5.12. The summed E-state index contributed by atoms with van der Waals surface area (Å²) >= 11 is 0. The third-order valence-corrected chi connectivity index (χ3v) is 3.65. The highest BCUT2D eigenvalue weighted by Gasteiger charge is 2.18. The summed E-state index contributed by atoms with van der Waals surface area (Å²) in [6, 6.07) is 7.17. The smallest absolute Gasteiger partial charge is 0.259 e. The molecule has 0 atom stereocenters. The van der Waals surface area contributed by atoms with Gasteiger partial charge in [0.2, 0.25) is 0 Å². The van der Waals surface area contributed by atoms with E-state index in [0.29, 0.717) is 35.2 Å². The zero-order valence-corrected chi connectivity index (χ0v) is 12.5. The molecule has 0 spiro atoms. The largest absolute Gasteiger partial charge is 0.340 e. The summed E-state index contributed by atoms with van der Waals surface area (Å²) < 4.78 is 1.59. The van der Waals surface area contributed by atoms with Gasteiger partial charge in [-0.3, -0.25) is 9.59 Å². The Morgan fingerprint density at radius 2 is 2.18 bits per heavy atom. The van der Waals surface area contributed by atoms with E-state index in [0.717, 1.165) is 0 Å². The maximum Gasteiger partial charge on any atom is 0.259 e. The van der Waals surface area contributed by atoms with Crippen LogP contribution in [0, 0.1) is 0 Å². The van der Waals surface area contributed by atoms with Crippen LogP contribution in [0.15, 0.2) is 35.3 Å². The number of H-pyrrole nitrogens is 1. The fourth-order valence-corrected chi connectivity index (χ4v) is 2.42. The van der Waals surface area contributed by atoms with Gasteiger partial charge in [-0.1, -0.05) is 12.1 Å². The van der Waals surface area contributed by atoms with Crippen molar-refractivity contribution in [1.82, 2.24) is 24.8 Å². The van der Waals surface area contributed by atoms with Crippen LogP contribution in [-0.2, 0) is 0 Å². The van der Waals surface area contributed by atoms with Gasteiger partial charge in [0.15, 0.2) is 0 Å². The number of rotatable bonds is 4. The van der Waals surface area contributed by atoms with E-state index in [1.165, 1.54) is 6.20 Å². The molecule has 0 aliphatic carbocycles. The molecule has 0 bridgehead atoms. The Morgan fingerprint density at radius 3 is 2.95 bits per heavy atom. The summed E-state index contributed by atoms with van der Waals surface area (Å²) in [6.07, 6.45) is 1.50. The van der Waals surface area contributed by atoms with Gasteiger partial charge in [-0.25, -0.2) is 4.52 Å². The number of hydrogen-bond donors (Lipinski definition) is 2. The lowest BCUT2D eigenvalue weighted by molar-refractivity contribution is 0.0798. The number of nitrogens with one attached hydrogen (secondary N) is 2. The second-order valence-corrected chi connectivity index (χ2v) is 5.12. The van der Waals surface area contributed by atoms with Crippen molar-refractivity contribution in [1.29, 1.82) is 0 Å². The summed E-state index contributed by atoms with van der Waals surface area (Å²) in [5.41, 5.74) is 1.26. The number of nitrogens with zero attached hydrogens (tertiary/aromatic N) is 3. The summed E-state index contributed by atoms with van der Waals surface area (Å²) in [6.45, 7) is 1.27. The molecule has 7 nitrogen and oxygen atoms in total. The first-order chi connectivity index (χ1) is 10.6. The molecule has 0 fully saturated rings. The molecule has 0 saturated heterocycles. The maximum atomic E-state index is 12.5. The maximum absolute atomic E-state index is 12.5. The highest BCUT2D eigenvalue weighted by molar-refractivity contribution is 6.00. The number of para-hydroxylation sites is 1. The van der Waals surface area contributed by atoms with Gasteiger partial charge in [0.1, 0.15) is 11.2 Å². The van der Waals surface area contributed by atoms with Gasteiger partial charge < -0.3 is 15.2 Å². The minimum Gasteiger partial charge on any atom is -0.340 e.